The minimum Gasteiger partial charge on any atom is -0.338 e. The molecule has 3 aromatic rings. The fraction of sp³-hybridized carbons (Fsp3) is 0.269. The van der Waals surface area contributed by atoms with Gasteiger partial charge in [0.05, 0.1) is 0 Å². The van der Waals surface area contributed by atoms with E-state index in [1.165, 1.54) is 0 Å². The lowest BCUT2D eigenvalue weighted by Gasteiger charge is -2.32. The summed E-state index contributed by atoms with van der Waals surface area (Å²) in [4.78, 5) is 42.1. The fourth-order valence-electron chi connectivity index (χ4n) is 4.74. The number of benzene rings is 3. The molecule has 0 spiro atoms. The highest BCUT2D eigenvalue weighted by Gasteiger charge is 2.30. The third-order valence-electron chi connectivity index (χ3n) is 6.40. The van der Waals surface area contributed by atoms with Crippen molar-refractivity contribution in [1.29, 1.82) is 0 Å². The maximum Gasteiger partial charge on any atom is 0.321 e. The van der Waals surface area contributed by atoms with Crippen LogP contribution in [0.15, 0.2) is 66.7 Å². The van der Waals surface area contributed by atoms with Crippen LogP contribution in [0.25, 0.3) is 10.8 Å². The van der Waals surface area contributed by atoms with Gasteiger partial charge in [-0.1, -0.05) is 48.5 Å². The Labute approximate surface area is 186 Å². The molecule has 1 N–H and O–H groups in total. The number of amides is 3. The highest BCUT2D eigenvalue weighted by molar-refractivity contribution is 6.09. The zero-order valence-corrected chi connectivity index (χ0v) is 17.8. The van der Waals surface area contributed by atoms with Gasteiger partial charge >= 0.3 is 6.03 Å². The Morgan fingerprint density at radius 3 is 2.59 bits per heavy atom. The third-order valence-corrected chi connectivity index (χ3v) is 6.40. The molecule has 3 amide bonds. The lowest BCUT2D eigenvalue weighted by atomic mass is 9.87. The Morgan fingerprint density at radius 1 is 0.938 bits per heavy atom. The molecule has 0 bridgehead atoms. The number of anilines is 1. The maximum absolute atomic E-state index is 13.4. The fourth-order valence-corrected chi connectivity index (χ4v) is 4.74. The Kier molecular flexibility index (Phi) is 5.35. The average Bonchev–Trinajstić information content (AvgIpc) is 3.28. The number of urea groups is 1. The molecule has 2 fully saturated rings. The van der Waals surface area contributed by atoms with Crippen LogP contribution in [0.2, 0.25) is 0 Å². The number of likely N-dealkylation sites (tertiary alicyclic amines) is 1. The van der Waals surface area contributed by atoms with Crippen LogP contribution < -0.4 is 10.2 Å². The first-order valence-corrected chi connectivity index (χ1v) is 11.1. The van der Waals surface area contributed by atoms with Crippen molar-refractivity contribution in [1.82, 2.24) is 10.2 Å². The van der Waals surface area contributed by atoms with E-state index in [9.17, 15) is 14.4 Å². The number of fused-ring (bicyclic) bond motifs is 1. The summed E-state index contributed by atoms with van der Waals surface area (Å²) < 4.78 is 0. The Hall–Kier alpha value is -3.67. The molecule has 0 saturated carbocycles. The van der Waals surface area contributed by atoms with Crippen LogP contribution in [0.1, 0.15) is 33.6 Å². The van der Waals surface area contributed by atoms with Gasteiger partial charge in [-0.05, 0) is 41.8 Å². The van der Waals surface area contributed by atoms with Gasteiger partial charge in [0.2, 0.25) is 0 Å². The Balaban J connectivity index is 1.35. The minimum atomic E-state index is -0.217. The Morgan fingerprint density at radius 2 is 1.75 bits per heavy atom. The van der Waals surface area contributed by atoms with Crippen molar-refractivity contribution in [3.63, 3.8) is 0 Å². The molecule has 0 radical (unpaired) electrons. The zero-order valence-electron chi connectivity index (χ0n) is 17.8. The van der Waals surface area contributed by atoms with Crippen molar-refractivity contribution >= 4 is 34.2 Å². The van der Waals surface area contributed by atoms with Crippen molar-refractivity contribution in [2.24, 2.45) is 5.92 Å². The molecule has 2 aliphatic rings. The van der Waals surface area contributed by atoms with E-state index in [1.807, 2.05) is 48.5 Å². The summed E-state index contributed by atoms with van der Waals surface area (Å²) in [7, 11) is 0. The first-order valence-electron chi connectivity index (χ1n) is 11.1. The highest BCUT2D eigenvalue weighted by atomic mass is 16.2. The number of carbonyl (C=O) groups is 3. The first-order chi connectivity index (χ1) is 15.6. The molecular formula is C26H25N3O3. The van der Waals surface area contributed by atoms with E-state index in [4.69, 9.17) is 0 Å². The van der Waals surface area contributed by atoms with Crippen LogP contribution in [0.4, 0.5) is 10.5 Å². The molecule has 3 aromatic carbocycles. The topological polar surface area (TPSA) is 69.7 Å². The maximum atomic E-state index is 13.4. The number of Topliss-reactive ketones (excluding diaryl/α,β-unsaturated/α-hetero) is 1. The molecule has 5 rings (SSSR count). The molecular weight excluding hydrogens is 402 g/mol. The average molecular weight is 428 g/mol. The van der Waals surface area contributed by atoms with E-state index in [2.05, 4.69) is 5.32 Å². The first kappa shape index (κ1) is 20.2. The van der Waals surface area contributed by atoms with Crippen LogP contribution in [0, 0.1) is 5.92 Å². The summed E-state index contributed by atoms with van der Waals surface area (Å²) in [6.45, 7) is 2.23. The van der Waals surface area contributed by atoms with Gasteiger partial charge < -0.3 is 10.2 Å². The molecule has 6 heteroatoms. The summed E-state index contributed by atoms with van der Waals surface area (Å²) >= 11 is 0. The number of nitrogens with zero attached hydrogens (tertiary/aromatic N) is 2. The molecule has 2 aliphatic heterocycles. The highest BCUT2D eigenvalue weighted by Crippen LogP contribution is 2.27. The number of hydrogen-bond donors (Lipinski definition) is 1. The van der Waals surface area contributed by atoms with Crippen molar-refractivity contribution in [3.8, 4) is 0 Å². The monoisotopic (exact) mass is 427 g/mol. The van der Waals surface area contributed by atoms with Gasteiger partial charge in [-0.15, -0.1) is 0 Å². The number of hydrogen-bond acceptors (Lipinski definition) is 3. The van der Waals surface area contributed by atoms with Gasteiger partial charge in [0, 0.05) is 48.9 Å². The standard InChI is InChI=1S/C26H25N3O3/c30-24(23-12-4-7-18-6-1-2-11-22(18)23)20-9-5-14-28(17-20)25(31)19-8-3-10-21(16-19)29-15-13-27-26(29)32/h1-4,6-8,10-12,16,20H,5,9,13-15,17H2,(H,27,32)/t20-/m1/s1. The van der Waals surface area contributed by atoms with E-state index in [0.29, 0.717) is 37.4 Å². The van der Waals surface area contributed by atoms with Crippen LogP contribution in [0.5, 0.6) is 0 Å². The number of ketones is 1. The second-order valence-corrected chi connectivity index (χ2v) is 8.42. The van der Waals surface area contributed by atoms with E-state index in [1.54, 1.807) is 28.0 Å². The molecule has 162 valence electrons. The minimum absolute atomic E-state index is 0.0955. The number of carbonyl (C=O) groups excluding carboxylic acids is 3. The lowest BCUT2D eigenvalue weighted by Crippen LogP contribution is -2.42. The van der Waals surface area contributed by atoms with Crippen LogP contribution in [-0.2, 0) is 0 Å². The van der Waals surface area contributed by atoms with Crippen molar-refractivity contribution in [2.45, 2.75) is 12.8 Å². The van der Waals surface area contributed by atoms with Gasteiger partial charge in [-0.25, -0.2) is 4.79 Å². The summed E-state index contributed by atoms with van der Waals surface area (Å²) in [5, 5.41) is 4.79. The third kappa shape index (κ3) is 3.73. The summed E-state index contributed by atoms with van der Waals surface area (Å²) in [6.07, 6.45) is 1.57. The summed E-state index contributed by atoms with van der Waals surface area (Å²) in [5.74, 6) is -0.213. The normalized spacial score (nSPS) is 18.6. The zero-order chi connectivity index (χ0) is 22.1. The number of piperidine rings is 1. The predicted molar refractivity (Wildman–Crippen MR) is 124 cm³/mol. The van der Waals surface area contributed by atoms with Gasteiger partial charge in [0.1, 0.15) is 0 Å². The Bertz CT molecular complexity index is 1200. The van der Waals surface area contributed by atoms with Crippen LogP contribution in [-0.4, -0.2) is 48.8 Å². The van der Waals surface area contributed by atoms with Crippen LogP contribution >= 0.6 is 0 Å². The van der Waals surface area contributed by atoms with Crippen molar-refractivity contribution in [3.05, 3.63) is 77.9 Å². The second-order valence-electron chi connectivity index (χ2n) is 8.42. The molecule has 1 atom stereocenters. The van der Waals surface area contributed by atoms with Crippen LogP contribution in [0.3, 0.4) is 0 Å². The SMILES string of the molecule is O=C(c1cccc2ccccc12)[C@@H]1CCCN(C(=O)c2cccc(N3CCNC3=O)c2)C1. The molecule has 0 aliphatic carbocycles. The second kappa shape index (κ2) is 8.46. The van der Waals surface area contributed by atoms with Gasteiger partial charge in [0.25, 0.3) is 5.91 Å². The smallest absolute Gasteiger partial charge is 0.321 e. The summed E-state index contributed by atoms with van der Waals surface area (Å²) in [6, 6.07) is 20.8. The van der Waals surface area contributed by atoms with E-state index in [-0.39, 0.29) is 23.6 Å². The van der Waals surface area contributed by atoms with E-state index < -0.39 is 0 Å². The van der Waals surface area contributed by atoms with E-state index in [0.717, 1.165) is 29.2 Å². The molecule has 0 unspecified atom stereocenters. The lowest BCUT2D eigenvalue weighted by molar-refractivity contribution is 0.0637. The number of nitrogens with one attached hydrogen (secondary N) is 1. The molecule has 0 aromatic heterocycles. The largest absolute Gasteiger partial charge is 0.338 e. The molecule has 32 heavy (non-hydrogen) atoms. The van der Waals surface area contributed by atoms with Crippen molar-refractivity contribution < 1.29 is 14.4 Å². The summed E-state index contributed by atoms with van der Waals surface area (Å²) in [5.41, 5.74) is 1.98. The van der Waals surface area contributed by atoms with E-state index >= 15 is 0 Å². The van der Waals surface area contributed by atoms with Gasteiger partial charge in [0.15, 0.2) is 5.78 Å². The number of rotatable bonds is 4. The van der Waals surface area contributed by atoms with Gasteiger partial charge in [-0.3, -0.25) is 14.5 Å². The molecule has 2 saturated heterocycles. The van der Waals surface area contributed by atoms with Gasteiger partial charge in [-0.2, -0.15) is 0 Å². The quantitative estimate of drug-likeness (QED) is 0.637. The predicted octanol–water partition coefficient (Wildman–Crippen LogP) is 4.10. The molecule has 2 heterocycles. The molecule has 6 nitrogen and oxygen atoms in total. The van der Waals surface area contributed by atoms with Crippen molar-refractivity contribution in [2.75, 3.05) is 31.1 Å².